The van der Waals surface area contributed by atoms with Crippen LogP contribution in [0, 0.1) is 5.41 Å². The van der Waals surface area contributed by atoms with Gasteiger partial charge in [-0.25, -0.2) is 0 Å². The molecule has 4 heteroatoms. The van der Waals surface area contributed by atoms with Gasteiger partial charge in [-0.2, -0.15) is 0 Å². The van der Waals surface area contributed by atoms with E-state index in [2.05, 4.69) is 71.1 Å². The minimum Gasteiger partial charge on any atom is -0.424 e. The van der Waals surface area contributed by atoms with E-state index < -0.39 is 9.76 Å². The van der Waals surface area contributed by atoms with Gasteiger partial charge >= 0.3 is 0 Å². The molecule has 1 aliphatic carbocycles. The van der Waals surface area contributed by atoms with Crippen LogP contribution in [0.15, 0.2) is 58.7 Å². The molecule has 0 radical (unpaired) electrons. The maximum atomic E-state index is 9.90. The minimum absolute atomic E-state index is 0.285. The second-order valence-corrected chi connectivity index (χ2v) is 10.5. The summed E-state index contributed by atoms with van der Waals surface area (Å²) in [5, 5.41) is 9.90. The van der Waals surface area contributed by atoms with Gasteiger partial charge in [-0.3, -0.25) is 0 Å². The van der Waals surface area contributed by atoms with E-state index in [-0.39, 0.29) is 11.5 Å². The lowest BCUT2D eigenvalue weighted by atomic mass is 9.72. The molecule has 0 heterocycles. The summed E-state index contributed by atoms with van der Waals surface area (Å²) >= 11 is 0. The molecule has 0 aromatic heterocycles. The first kappa shape index (κ1) is 26.8. The Labute approximate surface area is 187 Å². The summed E-state index contributed by atoms with van der Waals surface area (Å²) in [7, 11) is -0.457. The van der Waals surface area contributed by atoms with Gasteiger partial charge in [0.15, 0.2) is 9.76 Å². The van der Waals surface area contributed by atoms with E-state index in [0.29, 0.717) is 13.2 Å². The van der Waals surface area contributed by atoms with Crippen molar-refractivity contribution >= 4 is 9.76 Å². The number of hydrogen-bond donors (Lipinski definition) is 1. The molecular formula is C26H44O3Si. The van der Waals surface area contributed by atoms with E-state index in [4.69, 9.17) is 9.16 Å². The van der Waals surface area contributed by atoms with Crippen molar-refractivity contribution in [1.82, 2.24) is 0 Å². The summed E-state index contributed by atoms with van der Waals surface area (Å²) in [6.45, 7) is 14.9. The van der Waals surface area contributed by atoms with Crippen LogP contribution in [0.3, 0.4) is 0 Å². The zero-order valence-corrected chi connectivity index (χ0v) is 21.6. The maximum Gasteiger partial charge on any atom is 0.161 e. The summed E-state index contributed by atoms with van der Waals surface area (Å²) in [5.74, 6) is 0. The zero-order valence-electron chi connectivity index (χ0n) is 20.2. The maximum absolute atomic E-state index is 9.90. The van der Waals surface area contributed by atoms with Crippen LogP contribution in [0.2, 0.25) is 6.04 Å². The van der Waals surface area contributed by atoms with Crippen molar-refractivity contribution < 1.29 is 14.3 Å². The second kappa shape index (κ2) is 14.7. The Hall–Kier alpha value is -1.20. The number of ether oxygens (including phenoxy) is 1. The second-order valence-electron chi connectivity index (χ2n) is 9.01. The molecule has 0 amide bonds. The van der Waals surface area contributed by atoms with Crippen LogP contribution in [-0.4, -0.2) is 40.8 Å². The molecule has 0 saturated carbocycles. The van der Waals surface area contributed by atoms with Gasteiger partial charge in [0.05, 0.1) is 19.3 Å². The van der Waals surface area contributed by atoms with Crippen LogP contribution >= 0.6 is 0 Å². The first-order valence-electron chi connectivity index (χ1n) is 11.5. The number of aliphatic hydroxyl groups excluding tert-OH is 1. The number of aliphatic hydroxyl groups is 1. The third-order valence-electron chi connectivity index (χ3n) is 5.64. The van der Waals surface area contributed by atoms with Crippen LogP contribution < -0.4 is 0 Å². The van der Waals surface area contributed by atoms with E-state index in [0.717, 1.165) is 24.6 Å². The molecule has 1 rings (SSSR count). The molecule has 0 aliphatic heterocycles. The van der Waals surface area contributed by atoms with Crippen molar-refractivity contribution in [3.8, 4) is 0 Å². The highest BCUT2D eigenvalue weighted by Crippen LogP contribution is 2.40. The smallest absolute Gasteiger partial charge is 0.161 e. The summed E-state index contributed by atoms with van der Waals surface area (Å²) in [6, 6.07) is 1.00. The van der Waals surface area contributed by atoms with Crippen molar-refractivity contribution in [2.45, 2.75) is 79.4 Å². The number of allylic oxidation sites excluding steroid dienone is 9. The highest BCUT2D eigenvalue weighted by Gasteiger charge is 2.26. The summed E-state index contributed by atoms with van der Waals surface area (Å²) in [5.41, 5.74) is 5.73. The zero-order chi connectivity index (χ0) is 22.4. The van der Waals surface area contributed by atoms with Crippen molar-refractivity contribution in [3.05, 3.63) is 58.7 Å². The van der Waals surface area contributed by atoms with Crippen LogP contribution in [0.1, 0.15) is 67.2 Å². The molecular weight excluding hydrogens is 388 g/mol. The molecule has 1 N–H and O–H groups in total. The van der Waals surface area contributed by atoms with Gasteiger partial charge in [0.1, 0.15) is 0 Å². The molecule has 0 aromatic rings. The summed E-state index contributed by atoms with van der Waals surface area (Å²) in [6.07, 6.45) is 17.1. The molecule has 3 nitrogen and oxygen atoms in total. The quantitative estimate of drug-likeness (QED) is 0.226. The Kier molecular flexibility index (Phi) is 13.2. The van der Waals surface area contributed by atoms with E-state index in [1.165, 1.54) is 36.0 Å². The molecule has 30 heavy (non-hydrogen) atoms. The van der Waals surface area contributed by atoms with Crippen LogP contribution in [-0.2, 0) is 9.16 Å². The van der Waals surface area contributed by atoms with E-state index in [9.17, 15) is 5.11 Å². The SMILES string of the molecule is CCO[SiH2]CCC(O)COC/C=C(C)/C=C/C=C(C)/C=C/C1=C(C)CCCC1(C)C. The van der Waals surface area contributed by atoms with E-state index in [1.807, 2.05) is 6.92 Å². The van der Waals surface area contributed by atoms with Crippen LogP contribution in [0.4, 0.5) is 0 Å². The Balaban J connectivity index is 2.39. The standard InChI is InChI=1S/C26H44O3Si/c1-7-29-30-19-16-24(27)20-28-18-15-22(3)11-8-10-21(2)13-14-25-23(4)12-9-17-26(25,5)6/h8,10-11,13-15,24,27H,7,9,12,16-20,30H2,1-6H3/b11-8+,14-13+,21-10+,22-15+. The number of hydrogen-bond acceptors (Lipinski definition) is 3. The molecule has 0 aromatic carbocycles. The van der Waals surface area contributed by atoms with Gasteiger partial charge in [0, 0.05) is 6.61 Å². The van der Waals surface area contributed by atoms with Crippen molar-refractivity contribution in [2.75, 3.05) is 19.8 Å². The van der Waals surface area contributed by atoms with Gasteiger partial charge in [-0.1, -0.05) is 67.0 Å². The van der Waals surface area contributed by atoms with Crippen molar-refractivity contribution in [1.29, 1.82) is 0 Å². The molecule has 0 bridgehead atoms. The normalized spacial score (nSPS) is 19.7. The number of rotatable bonds is 13. The lowest BCUT2D eigenvalue weighted by Gasteiger charge is -2.32. The van der Waals surface area contributed by atoms with Gasteiger partial charge < -0.3 is 14.3 Å². The average Bonchev–Trinajstić information content (AvgIpc) is 2.67. The molecule has 0 spiro atoms. The predicted octanol–water partition coefficient (Wildman–Crippen LogP) is 5.82. The fourth-order valence-corrected chi connectivity index (χ4v) is 4.87. The minimum atomic E-state index is -0.457. The van der Waals surface area contributed by atoms with Gasteiger partial charge in [0.2, 0.25) is 0 Å². The summed E-state index contributed by atoms with van der Waals surface area (Å²) < 4.78 is 11.0. The lowest BCUT2D eigenvalue weighted by Crippen LogP contribution is -2.19. The Morgan fingerprint density at radius 2 is 2.00 bits per heavy atom. The monoisotopic (exact) mass is 432 g/mol. The van der Waals surface area contributed by atoms with Gasteiger partial charge in [-0.15, -0.1) is 0 Å². The van der Waals surface area contributed by atoms with Gasteiger partial charge in [0.25, 0.3) is 0 Å². The fraction of sp³-hybridized carbons (Fsp3) is 0.615. The first-order valence-corrected chi connectivity index (χ1v) is 13.1. The predicted molar refractivity (Wildman–Crippen MR) is 133 cm³/mol. The van der Waals surface area contributed by atoms with E-state index >= 15 is 0 Å². The largest absolute Gasteiger partial charge is 0.424 e. The summed E-state index contributed by atoms with van der Waals surface area (Å²) in [4.78, 5) is 0. The molecule has 1 atom stereocenters. The van der Waals surface area contributed by atoms with Crippen molar-refractivity contribution in [3.63, 3.8) is 0 Å². The van der Waals surface area contributed by atoms with Crippen LogP contribution in [0.25, 0.3) is 0 Å². The highest BCUT2D eigenvalue weighted by atomic mass is 28.2. The van der Waals surface area contributed by atoms with Gasteiger partial charge in [-0.05, 0) is 70.4 Å². The average molecular weight is 433 g/mol. The van der Waals surface area contributed by atoms with Crippen LogP contribution in [0.5, 0.6) is 0 Å². The van der Waals surface area contributed by atoms with Crippen molar-refractivity contribution in [2.24, 2.45) is 5.41 Å². The Morgan fingerprint density at radius 3 is 2.70 bits per heavy atom. The third-order valence-corrected chi connectivity index (χ3v) is 7.03. The molecule has 0 fully saturated rings. The fourth-order valence-electron chi connectivity index (χ4n) is 3.74. The first-order chi connectivity index (χ1) is 14.3. The topological polar surface area (TPSA) is 38.7 Å². The third kappa shape index (κ3) is 11.3. The molecule has 170 valence electrons. The molecule has 1 unspecified atom stereocenters. The molecule has 1 aliphatic rings. The molecule has 0 saturated heterocycles. The lowest BCUT2D eigenvalue weighted by molar-refractivity contribution is 0.0469. The Morgan fingerprint density at radius 1 is 1.23 bits per heavy atom. The Bertz CT molecular complexity index is 653. The highest BCUT2D eigenvalue weighted by molar-refractivity contribution is 6.26. The van der Waals surface area contributed by atoms with E-state index in [1.54, 1.807) is 0 Å².